The van der Waals surface area contributed by atoms with Crippen molar-refractivity contribution in [2.24, 2.45) is 0 Å². The van der Waals surface area contributed by atoms with Crippen LogP contribution < -0.4 is 21.3 Å². The first-order chi connectivity index (χ1) is 23.3. The van der Waals surface area contributed by atoms with Crippen molar-refractivity contribution < 1.29 is 0 Å². The molecule has 0 fully saturated rings. The highest BCUT2D eigenvalue weighted by Gasteiger charge is 2.30. The molecule has 1 nitrogen and oxygen atoms in total. The molecule has 0 aliphatic carbocycles. The van der Waals surface area contributed by atoms with Gasteiger partial charge in [-0.05, 0) is 98.8 Å². The molecule has 0 aliphatic heterocycles. The van der Waals surface area contributed by atoms with Crippen LogP contribution in [-0.2, 0) is 0 Å². The highest BCUT2D eigenvalue weighted by Crippen LogP contribution is 2.43. The van der Waals surface area contributed by atoms with E-state index in [-0.39, 0.29) is 6.71 Å². The van der Waals surface area contributed by atoms with Crippen molar-refractivity contribution in [2.45, 2.75) is 41.5 Å². The van der Waals surface area contributed by atoms with Gasteiger partial charge in [-0.25, -0.2) is 0 Å². The van der Waals surface area contributed by atoms with Crippen molar-refractivity contribution >= 4 is 72.5 Å². The molecular formula is C46H40BN. The lowest BCUT2D eigenvalue weighted by Gasteiger charge is -2.28. The Balaban J connectivity index is 1.44. The Labute approximate surface area is 284 Å². The lowest BCUT2D eigenvalue weighted by molar-refractivity contribution is 1.28. The molecule has 0 N–H and O–H groups in total. The molecule has 8 rings (SSSR count). The van der Waals surface area contributed by atoms with E-state index in [1.165, 1.54) is 87.8 Å². The number of rotatable bonds is 6. The minimum absolute atomic E-state index is 0.119. The van der Waals surface area contributed by atoms with Crippen LogP contribution in [0.5, 0.6) is 0 Å². The van der Waals surface area contributed by atoms with Crippen LogP contribution in [-0.4, -0.2) is 6.71 Å². The number of benzene rings is 8. The highest BCUT2D eigenvalue weighted by molar-refractivity contribution is 6.98. The third-order valence-corrected chi connectivity index (χ3v) is 10.5. The molecule has 0 spiro atoms. The fraction of sp³-hybridized carbons (Fsp3) is 0.130. The molecular weight excluding hydrogens is 577 g/mol. The average molecular weight is 618 g/mol. The summed E-state index contributed by atoms with van der Waals surface area (Å²) >= 11 is 0. The molecule has 0 unspecified atom stereocenters. The normalized spacial score (nSPS) is 11.5. The highest BCUT2D eigenvalue weighted by atomic mass is 15.1. The lowest BCUT2D eigenvalue weighted by Crippen LogP contribution is -2.56. The number of hydrogen-bond donors (Lipinski definition) is 0. The Bertz CT molecular complexity index is 2320. The van der Waals surface area contributed by atoms with Crippen LogP contribution in [0, 0.1) is 41.5 Å². The van der Waals surface area contributed by atoms with Gasteiger partial charge in [-0.1, -0.05) is 153 Å². The third kappa shape index (κ3) is 4.87. The number of anilines is 3. The van der Waals surface area contributed by atoms with Crippen molar-refractivity contribution in [3.8, 4) is 0 Å². The first kappa shape index (κ1) is 30.0. The summed E-state index contributed by atoms with van der Waals surface area (Å²) in [7, 11) is 0. The molecule has 0 amide bonds. The second-order valence-corrected chi connectivity index (χ2v) is 13.7. The second-order valence-electron chi connectivity index (χ2n) is 13.7. The van der Waals surface area contributed by atoms with Gasteiger partial charge in [0.2, 0.25) is 6.71 Å². The molecule has 232 valence electrons. The van der Waals surface area contributed by atoms with Gasteiger partial charge in [0.15, 0.2) is 0 Å². The van der Waals surface area contributed by atoms with Crippen molar-refractivity contribution in [1.82, 2.24) is 0 Å². The van der Waals surface area contributed by atoms with Crippen LogP contribution in [0.3, 0.4) is 0 Å². The first-order valence-corrected chi connectivity index (χ1v) is 17.1. The number of hydrogen-bond acceptors (Lipinski definition) is 1. The minimum Gasteiger partial charge on any atom is -0.310 e. The van der Waals surface area contributed by atoms with E-state index in [0.29, 0.717) is 0 Å². The van der Waals surface area contributed by atoms with Gasteiger partial charge in [0.05, 0.1) is 5.69 Å². The van der Waals surface area contributed by atoms with Crippen molar-refractivity contribution in [2.75, 3.05) is 4.90 Å². The molecule has 0 bridgehead atoms. The molecule has 48 heavy (non-hydrogen) atoms. The van der Waals surface area contributed by atoms with Crippen LogP contribution in [0.25, 0.3) is 32.3 Å². The summed E-state index contributed by atoms with van der Waals surface area (Å²) in [5.41, 5.74) is 15.6. The molecule has 0 aromatic heterocycles. The van der Waals surface area contributed by atoms with Crippen LogP contribution in [0.15, 0.2) is 133 Å². The van der Waals surface area contributed by atoms with Gasteiger partial charge >= 0.3 is 0 Å². The molecule has 0 atom stereocenters. The van der Waals surface area contributed by atoms with E-state index >= 15 is 0 Å². The maximum absolute atomic E-state index is 2.42. The van der Waals surface area contributed by atoms with E-state index in [4.69, 9.17) is 0 Å². The van der Waals surface area contributed by atoms with Gasteiger partial charge < -0.3 is 4.90 Å². The zero-order chi connectivity index (χ0) is 33.1. The van der Waals surface area contributed by atoms with Gasteiger partial charge in [0, 0.05) is 16.8 Å². The van der Waals surface area contributed by atoms with E-state index in [9.17, 15) is 0 Å². The van der Waals surface area contributed by atoms with Crippen molar-refractivity contribution in [3.63, 3.8) is 0 Å². The second kappa shape index (κ2) is 11.7. The Morgan fingerprint density at radius 3 is 1.31 bits per heavy atom. The number of aryl methyl sites for hydroxylation is 6. The van der Waals surface area contributed by atoms with E-state index in [1.54, 1.807) is 0 Å². The average Bonchev–Trinajstić information content (AvgIpc) is 3.08. The Morgan fingerprint density at radius 2 is 0.812 bits per heavy atom. The SMILES string of the molecule is Cc1ccc(N(c2ccc(C)cc2)c2ccc3ccc4c(B(c5c(C)cccc5C)c5c(C)cccc5C)ccc5ccc2c3c54)cc1. The molecule has 0 saturated heterocycles. The zero-order valence-corrected chi connectivity index (χ0v) is 28.7. The third-order valence-electron chi connectivity index (χ3n) is 10.5. The van der Waals surface area contributed by atoms with Crippen molar-refractivity contribution in [3.05, 3.63) is 167 Å². The van der Waals surface area contributed by atoms with E-state index in [1.807, 2.05) is 0 Å². The Morgan fingerprint density at radius 1 is 0.396 bits per heavy atom. The molecule has 0 aliphatic rings. The van der Waals surface area contributed by atoms with E-state index in [0.717, 1.165) is 11.4 Å². The molecule has 8 aromatic carbocycles. The minimum atomic E-state index is 0.119. The summed E-state index contributed by atoms with van der Waals surface area (Å²) in [6, 6.07) is 50.0. The maximum Gasteiger partial charge on any atom is 0.243 e. The maximum atomic E-state index is 2.42. The van der Waals surface area contributed by atoms with Gasteiger partial charge in [-0.15, -0.1) is 0 Å². The van der Waals surface area contributed by atoms with Crippen LogP contribution in [0.2, 0.25) is 0 Å². The fourth-order valence-electron chi connectivity index (χ4n) is 8.09. The topological polar surface area (TPSA) is 3.24 Å². The number of nitrogens with zero attached hydrogens (tertiary/aromatic N) is 1. The van der Waals surface area contributed by atoms with Gasteiger partial charge in [-0.2, -0.15) is 0 Å². The summed E-state index contributed by atoms with van der Waals surface area (Å²) in [6.07, 6.45) is 0. The quantitative estimate of drug-likeness (QED) is 0.133. The zero-order valence-electron chi connectivity index (χ0n) is 28.7. The van der Waals surface area contributed by atoms with Crippen molar-refractivity contribution in [1.29, 1.82) is 0 Å². The Hall–Kier alpha value is -5.34. The molecule has 0 saturated carbocycles. The largest absolute Gasteiger partial charge is 0.310 e. The summed E-state index contributed by atoms with van der Waals surface area (Å²) < 4.78 is 0. The standard InChI is InChI=1S/C46H40BN/c1-29-13-21-37(22-14-29)48(38-23-15-30(2)16-24-38)42-28-20-36-17-25-39-41(27-19-35-18-26-40(42)44(36)43(35)39)47(45-31(3)9-7-10-32(45)4)46-33(5)11-8-12-34(46)6/h7-28H,1-6H3. The summed E-state index contributed by atoms with van der Waals surface area (Å²) in [5.74, 6) is 0. The van der Waals surface area contributed by atoms with E-state index < -0.39 is 0 Å². The molecule has 2 heteroatoms. The van der Waals surface area contributed by atoms with Crippen LogP contribution in [0.1, 0.15) is 33.4 Å². The lowest BCUT2D eigenvalue weighted by atomic mass is 9.33. The fourth-order valence-corrected chi connectivity index (χ4v) is 8.09. The predicted octanol–water partition coefficient (Wildman–Crippen LogP) is 10.4. The Kier molecular flexibility index (Phi) is 7.33. The summed E-state index contributed by atoms with van der Waals surface area (Å²) in [5, 5.41) is 7.82. The monoisotopic (exact) mass is 617 g/mol. The molecule has 0 heterocycles. The van der Waals surface area contributed by atoms with E-state index in [2.05, 4.69) is 180 Å². The van der Waals surface area contributed by atoms with Gasteiger partial charge in [0.25, 0.3) is 0 Å². The summed E-state index contributed by atoms with van der Waals surface area (Å²) in [4.78, 5) is 2.42. The van der Waals surface area contributed by atoms with Crippen LogP contribution in [0.4, 0.5) is 17.1 Å². The molecule has 8 aromatic rings. The predicted molar refractivity (Wildman–Crippen MR) is 211 cm³/mol. The van der Waals surface area contributed by atoms with Crippen LogP contribution >= 0.6 is 0 Å². The van der Waals surface area contributed by atoms with Gasteiger partial charge in [0.1, 0.15) is 0 Å². The smallest absolute Gasteiger partial charge is 0.243 e. The molecule has 0 radical (unpaired) electrons. The van der Waals surface area contributed by atoms with Gasteiger partial charge in [-0.3, -0.25) is 0 Å². The first-order valence-electron chi connectivity index (χ1n) is 17.1. The summed E-state index contributed by atoms with van der Waals surface area (Å²) in [6.45, 7) is 13.5.